The number of ketones is 1. The van der Waals surface area contributed by atoms with Crippen molar-refractivity contribution in [1.29, 1.82) is 0 Å². The molecule has 0 aromatic rings. The molecule has 0 aliphatic carbocycles. The summed E-state index contributed by atoms with van der Waals surface area (Å²) in [5.74, 6) is -0.696. The molecule has 0 rings (SSSR count). The van der Waals surface area contributed by atoms with Gasteiger partial charge in [-0.15, -0.1) is 10.1 Å². The van der Waals surface area contributed by atoms with Crippen LogP contribution in [-0.4, -0.2) is 41.1 Å². The van der Waals surface area contributed by atoms with E-state index >= 15 is 0 Å². The maximum absolute atomic E-state index is 11.3. The lowest BCUT2D eigenvalue weighted by atomic mass is 10.2. The van der Waals surface area contributed by atoms with Crippen LogP contribution in [0.15, 0.2) is 0 Å². The highest BCUT2D eigenvalue weighted by molar-refractivity contribution is 5.87. The number of nitrogens with one attached hydrogen (secondary N) is 1. The molecule has 17 heavy (non-hydrogen) atoms. The Morgan fingerprint density at radius 1 is 1.47 bits per heavy atom. The summed E-state index contributed by atoms with van der Waals surface area (Å²) in [7, 11) is 0. The van der Waals surface area contributed by atoms with Crippen molar-refractivity contribution in [2.75, 3.05) is 13.2 Å². The van der Waals surface area contributed by atoms with Crippen LogP contribution >= 0.6 is 0 Å². The third kappa shape index (κ3) is 8.14. The quantitative estimate of drug-likeness (QED) is 0.320. The highest BCUT2D eigenvalue weighted by atomic mass is 16.9. The molecule has 8 nitrogen and oxygen atoms in total. The fraction of sp³-hybridized carbons (Fsp3) is 0.778. The van der Waals surface area contributed by atoms with Gasteiger partial charge < -0.3 is 15.3 Å². The van der Waals surface area contributed by atoms with Gasteiger partial charge in [0.25, 0.3) is 5.09 Å². The summed E-state index contributed by atoms with van der Waals surface area (Å²) in [4.78, 5) is 36.0. The van der Waals surface area contributed by atoms with E-state index in [1.165, 1.54) is 6.92 Å². The van der Waals surface area contributed by atoms with Crippen molar-refractivity contribution in [3.8, 4) is 0 Å². The fourth-order valence-electron chi connectivity index (χ4n) is 1.07. The number of hydrogen-bond acceptors (Lipinski definition) is 6. The van der Waals surface area contributed by atoms with E-state index in [1.807, 2.05) is 0 Å². The van der Waals surface area contributed by atoms with E-state index in [0.717, 1.165) is 0 Å². The van der Waals surface area contributed by atoms with Gasteiger partial charge in [0, 0.05) is 6.42 Å². The number of hydrogen-bond donors (Lipinski definition) is 2. The smallest absolute Gasteiger partial charge is 0.294 e. The van der Waals surface area contributed by atoms with Gasteiger partial charge in [0.05, 0.1) is 13.2 Å². The molecule has 0 saturated heterocycles. The van der Waals surface area contributed by atoms with E-state index in [9.17, 15) is 19.7 Å². The van der Waals surface area contributed by atoms with Crippen molar-refractivity contribution >= 4 is 11.7 Å². The minimum absolute atomic E-state index is 0.0591. The normalized spacial score (nSPS) is 11.6. The maximum atomic E-state index is 11.3. The van der Waals surface area contributed by atoms with Gasteiger partial charge in [0.1, 0.15) is 6.04 Å². The molecular weight excluding hydrogens is 232 g/mol. The summed E-state index contributed by atoms with van der Waals surface area (Å²) in [6.45, 7) is 0.772. The molecule has 1 amide bonds. The lowest BCUT2D eigenvalue weighted by molar-refractivity contribution is -0.757. The van der Waals surface area contributed by atoms with Gasteiger partial charge >= 0.3 is 0 Å². The van der Waals surface area contributed by atoms with Gasteiger partial charge in [0.15, 0.2) is 5.78 Å². The average Bonchev–Trinajstić information content (AvgIpc) is 2.24. The van der Waals surface area contributed by atoms with Crippen molar-refractivity contribution < 1.29 is 24.6 Å². The Bertz CT molecular complexity index is 281. The highest BCUT2D eigenvalue weighted by Crippen LogP contribution is 1.97. The average molecular weight is 248 g/mol. The Morgan fingerprint density at radius 2 is 2.12 bits per heavy atom. The predicted octanol–water partition coefficient (Wildman–Crippen LogP) is -0.569. The van der Waals surface area contributed by atoms with E-state index < -0.39 is 17.7 Å². The number of aliphatic hydroxyl groups is 1. The van der Waals surface area contributed by atoms with Crippen LogP contribution in [0.25, 0.3) is 0 Å². The molecule has 1 unspecified atom stereocenters. The van der Waals surface area contributed by atoms with Crippen LogP contribution in [0, 0.1) is 10.1 Å². The molecule has 0 spiro atoms. The van der Waals surface area contributed by atoms with Gasteiger partial charge in [-0.05, 0) is 19.8 Å². The second kappa shape index (κ2) is 8.45. The Kier molecular flexibility index (Phi) is 7.61. The molecule has 0 fully saturated rings. The third-order valence-corrected chi connectivity index (χ3v) is 2.00. The van der Waals surface area contributed by atoms with E-state index in [1.54, 1.807) is 0 Å². The summed E-state index contributed by atoms with van der Waals surface area (Å²) in [6.07, 6.45) is 0.916. The first-order chi connectivity index (χ1) is 7.97. The Hall–Kier alpha value is -1.70. The van der Waals surface area contributed by atoms with Gasteiger partial charge in [0.2, 0.25) is 5.91 Å². The SMILES string of the molecule is CC(=O)C(CO)NC(=O)CCCCO[N+](=O)[O-]. The highest BCUT2D eigenvalue weighted by Gasteiger charge is 2.15. The first-order valence-corrected chi connectivity index (χ1v) is 5.15. The van der Waals surface area contributed by atoms with Crippen molar-refractivity contribution in [2.24, 2.45) is 0 Å². The molecule has 0 aromatic carbocycles. The molecular formula is C9H16N2O6. The van der Waals surface area contributed by atoms with Crippen LogP contribution in [0.1, 0.15) is 26.2 Å². The molecule has 8 heteroatoms. The summed E-state index contributed by atoms with van der Waals surface area (Å²) in [5, 5.41) is 20.0. The van der Waals surface area contributed by atoms with Crippen molar-refractivity contribution in [1.82, 2.24) is 5.32 Å². The van der Waals surface area contributed by atoms with Crippen LogP contribution in [0.4, 0.5) is 0 Å². The zero-order valence-electron chi connectivity index (χ0n) is 9.55. The van der Waals surface area contributed by atoms with E-state index in [2.05, 4.69) is 10.2 Å². The molecule has 0 radical (unpaired) electrons. The van der Waals surface area contributed by atoms with Crippen molar-refractivity contribution in [2.45, 2.75) is 32.2 Å². The van der Waals surface area contributed by atoms with Crippen LogP contribution in [0.2, 0.25) is 0 Å². The number of amides is 1. The number of carbonyl (C=O) groups excluding carboxylic acids is 2. The number of aliphatic hydroxyl groups excluding tert-OH is 1. The van der Waals surface area contributed by atoms with Gasteiger partial charge in [-0.25, -0.2) is 0 Å². The first kappa shape index (κ1) is 15.3. The molecule has 0 aromatic heterocycles. The molecule has 0 aliphatic heterocycles. The fourth-order valence-corrected chi connectivity index (χ4v) is 1.07. The Morgan fingerprint density at radius 3 is 2.59 bits per heavy atom. The molecule has 98 valence electrons. The minimum atomic E-state index is -0.891. The topological polar surface area (TPSA) is 119 Å². The molecule has 2 N–H and O–H groups in total. The van der Waals surface area contributed by atoms with Crippen molar-refractivity contribution in [3.05, 3.63) is 10.1 Å². The lowest BCUT2D eigenvalue weighted by Crippen LogP contribution is -2.42. The molecule has 1 atom stereocenters. The summed E-state index contributed by atoms with van der Waals surface area (Å²) >= 11 is 0. The lowest BCUT2D eigenvalue weighted by Gasteiger charge is -2.12. The maximum Gasteiger partial charge on any atom is 0.294 e. The zero-order chi connectivity index (χ0) is 13.3. The number of carbonyl (C=O) groups is 2. The summed E-state index contributed by atoms with van der Waals surface area (Å²) in [5.41, 5.74) is 0. The Balaban J connectivity index is 3.65. The number of nitrogens with zero attached hydrogens (tertiary/aromatic N) is 1. The van der Waals surface area contributed by atoms with E-state index in [4.69, 9.17) is 5.11 Å². The molecule has 0 saturated carbocycles. The third-order valence-electron chi connectivity index (χ3n) is 2.00. The molecule has 0 aliphatic rings. The standard InChI is InChI=1S/C9H16N2O6/c1-7(13)8(6-12)10-9(14)4-2-3-5-17-11(15)16/h8,12H,2-6H2,1H3,(H,10,14). The zero-order valence-corrected chi connectivity index (χ0v) is 9.55. The second-order valence-electron chi connectivity index (χ2n) is 3.43. The van der Waals surface area contributed by atoms with Crippen LogP contribution in [-0.2, 0) is 14.4 Å². The van der Waals surface area contributed by atoms with Gasteiger partial charge in [-0.3, -0.25) is 9.59 Å². The molecule has 0 heterocycles. The van der Waals surface area contributed by atoms with Gasteiger partial charge in [-0.1, -0.05) is 0 Å². The second-order valence-corrected chi connectivity index (χ2v) is 3.43. The van der Waals surface area contributed by atoms with Crippen LogP contribution in [0.3, 0.4) is 0 Å². The summed E-state index contributed by atoms with van der Waals surface area (Å²) < 4.78 is 0. The number of Topliss-reactive ketones (excluding diaryl/α,β-unsaturated/α-hetero) is 1. The predicted molar refractivity (Wildman–Crippen MR) is 56.5 cm³/mol. The molecule has 0 bridgehead atoms. The van der Waals surface area contributed by atoms with E-state index in [-0.39, 0.29) is 24.7 Å². The monoisotopic (exact) mass is 248 g/mol. The Labute approximate surface area is 98.0 Å². The largest absolute Gasteiger partial charge is 0.394 e. The van der Waals surface area contributed by atoms with Gasteiger partial charge in [-0.2, -0.15) is 0 Å². The summed E-state index contributed by atoms with van der Waals surface area (Å²) in [6, 6.07) is -0.877. The van der Waals surface area contributed by atoms with Crippen LogP contribution < -0.4 is 5.32 Å². The number of unbranched alkanes of at least 4 members (excludes halogenated alkanes) is 1. The first-order valence-electron chi connectivity index (χ1n) is 5.15. The minimum Gasteiger partial charge on any atom is -0.394 e. The van der Waals surface area contributed by atoms with Crippen molar-refractivity contribution in [3.63, 3.8) is 0 Å². The van der Waals surface area contributed by atoms with E-state index in [0.29, 0.717) is 12.8 Å². The number of rotatable bonds is 9. The van der Waals surface area contributed by atoms with Crippen LogP contribution in [0.5, 0.6) is 0 Å².